The summed E-state index contributed by atoms with van der Waals surface area (Å²) >= 11 is 0. The number of nitrogens with zero attached hydrogens (tertiary/aromatic N) is 1. The van der Waals surface area contributed by atoms with E-state index in [9.17, 15) is 8.42 Å². The first-order valence-corrected chi connectivity index (χ1v) is 6.91. The fraction of sp³-hybridized carbons (Fsp3) is 0.455. The zero-order chi connectivity index (χ0) is 13.9. The Morgan fingerprint density at radius 2 is 2.00 bits per heavy atom. The summed E-state index contributed by atoms with van der Waals surface area (Å²) in [6.07, 6.45) is 0. The number of nitrogen functional groups attached to an aromatic ring is 1. The number of benzene rings is 1. The Balaban J connectivity index is 3.04. The van der Waals surface area contributed by atoms with E-state index >= 15 is 0 Å². The highest BCUT2D eigenvalue weighted by Crippen LogP contribution is 2.28. The highest BCUT2D eigenvalue weighted by atomic mass is 32.2. The van der Waals surface area contributed by atoms with Crippen molar-refractivity contribution in [2.24, 2.45) is 0 Å². The Morgan fingerprint density at radius 1 is 1.39 bits per heavy atom. The fourth-order valence-electron chi connectivity index (χ4n) is 1.28. The molecule has 0 spiro atoms. The molecule has 0 atom stereocenters. The van der Waals surface area contributed by atoms with E-state index in [1.54, 1.807) is 32.0 Å². The Hall–Kier alpha value is -1.47. The summed E-state index contributed by atoms with van der Waals surface area (Å²) in [6, 6.07) is 4.60. The van der Waals surface area contributed by atoms with Crippen LogP contribution >= 0.6 is 0 Å². The first-order valence-electron chi connectivity index (χ1n) is 5.47. The van der Waals surface area contributed by atoms with E-state index in [0.717, 1.165) is 0 Å². The predicted molar refractivity (Wildman–Crippen MR) is 72.8 cm³/mol. The summed E-state index contributed by atoms with van der Waals surface area (Å²) in [6.45, 7) is 3.58. The number of rotatable bonds is 5. The van der Waals surface area contributed by atoms with Crippen molar-refractivity contribution in [3.05, 3.63) is 18.2 Å². The Kier molecular flexibility index (Phi) is 4.42. The Labute approximate surface area is 108 Å². The van der Waals surface area contributed by atoms with Crippen LogP contribution in [0.5, 0.6) is 5.75 Å². The molecule has 0 aliphatic heterocycles. The molecular formula is C11H19N3O3S. The van der Waals surface area contributed by atoms with Crippen LogP contribution in [0.4, 0.5) is 11.4 Å². The van der Waals surface area contributed by atoms with Gasteiger partial charge < -0.3 is 10.5 Å². The van der Waals surface area contributed by atoms with Crippen molar-refractivity contribution < 1.29 is 13.2 Å². The van der Waals surface area contributed by atoms with Crippen molar-refractivity contribution in [2.75, 3.05) is 24.6 Å². The number of hydrogen-bond donors (Lipinski definition) is 2. The van der Waals surface area contributed by atoms with Crippen LogP contribution in [0, 0.1) is 0 Å². The quantitative estimate of drug-likeness (QED) is 0.791. The van der Waals surface area contributed by atoms with Gasteiger partial charge in [0.2, 0.25) is 0 Å². The minimum absolute atomic E-state index is 0.137. The lowest BCUT2D eigenvalue weighted by Gasteiger charge is -2.22. The summed E-state index contributed by atoms with van der Waals surface area (Å²) < 4.78 is 32.8. The number of nitrogens with one attached hydrogen (secondary N) is 1. The van der Waals surface area contributed by atoms with Gasteiger partial charge in [-0.1, -0.05) is 0 Å². The van der Waals surface area contributed by atoms with Crippen molar-refractivity contribution in [1.29, 1.82) is 0 Å². The summed E-state index contributed by atoms with van der Waals surface area (Å²) in [4.78, 5) is 0. The molecule has 0 aliphatic carbocycles. The third-order valence-corrected chi connectivity index (χ3v) is 4.23. The number of anilines is 2. The standard InChI is InChI=1S/C11H19N3O3S/c1-8(2)14(3)18(15,16)13-10-6-5-9(12)7-11(10)17-4/h5-8,13H,12H2,1-4H3. The highest BCUT2D eigenvalue weighted by molar-refractivity contribution is 7.90. The molecule has 0 aliphatic rings. The second-order valence-corrected chi connectivity index (χ2v) is 5.91. The van der Waals surface area contributed by atoms with E-state index in [0.29, 0.717) is 17.1 Å². The molecule has 0 aromatic heterocycles. The highest BCUT2D eigenvalue weighted by Gasteiger charge is 2.21. The van der Waals surface area contributed by atoms with E-state index in [-0.39, 0.29) is 6.04 Å². The molecule has 0 heterocycles. The first kappa shape index (κ1) is 14.6. The van der Waals surface area contributed by atoms with E-state index in [1.165, 1.54) is 18.5 Å². The van der Waals surface area contributed by atoms with Gasteiger partial charge in [-0.05, 0) is 26.0 Å². The smallest absolute Gasteiger partial charge is 0.301 e. The minimum Gasteiger partial charge on any atom is -0.494 e. The molecular weight excluding hydrogens is 254 g/mol. The lowest BCUT2D eigenvalue weighted by molar-refractivity contribution is 0.410. The van der Waals surface area contributed by atoms with Gasteiger partial charge in [0.25, 0.3) is 0 Å². The maximum absolute atomic E-state index is 12.0. The number of methoxy groups -OCH3 is 1. The number of ether oxygens (including phenoxy) is 1. The van der Waals surface area contributed by atoms with E-state index in [1.807, 2.05) is 0 Å². The minimum atomic E-state index is -3.60. The van der Waals surface area contributed by atoms with Crippen LogP contribution in [0.25, 0.3) is 0 Å². The van der Waals surface area contributed by atoms with Crippen LogP contribution in [0.3, 0.4) is 0 Å². The van der Waals surface area contributed by atoms with Gasteiger partial charge in [0, 0.05) is 24.8 Å². The van der Waals surface area contributed by atoms with Crippen molar-refractivity contribution in [3.8, 4) is 5.75 Å². The van der Waals surface area contributed by atoms with E-state index < -0.39 is 10.2 Å². The summed E-state index contributed by atoms with van der Waals surface area (Å²) in [5, 5.41) is 0. The summed E-state index contributed by atoms with van der Waals surface area (Å²) in [5.74, 6) is 0.385. The molecule has 0 radical (unpaired) electrons. The largest absolute Gasteiger partial charge is 0.494 e. The van der Waals surface area contributed by atoms with Crippen LogP contribution in [0.1, 0.15) is 13.8 Å². The molecule has 0 unspecified atom stereocenters. The Morgan fingerprint density at radius 3 is 2.50 bits per heavy atom. The van der Waals surface area contributed by atoms with Crippen molar-refractivity contribution in [1.82, 2.24) is 4.31 Å². The summed E-state index contributed by atoms with van der Waals surface area (Å²) in [5.41, 5.74) is 6.47. The van der Waals surface area contributed by atoms with Gasteiger partial charge in [0.1, 0.15) is 5.75 Å². The van der Waals surface area contributed by atoms with Crippen molar-refractivity contribution >= 4 is 21.6 Å². The predicted octanol–water partition coefficient (Wildman–Crippen LogP) is 1.27. The normalized spacial score (nSPS) is 11.9. The summed E-state index contributed by atoms with van der Waals surface area (Å²) in [7, 11) is -0.628. The van der Waals surface area contributed by atoms with Crippen LogP contribution in [0.15, 0.2) is 18.2 Å². The molecule has 0 fully saturated rings. The SMILES string of the molecule is COc1cc(N)ccc1NS(=O)(=O)N(C)C(C)C. The van der Waals surface area contributed by atoms with Gasteiger partial charge in [-0.15, -0.1) is 0 Å². The third kappa shape index (κ3) is 3.27. The van der Waals surface area contributed by atoms with Crippen molar-refractivity contribution in [3.63, 3.8) is 0 Å². The molecule has 1 rings (SSSR count). The van der Waals surface area contributed by atoms with Gasteiger partial charge in [0.15, 0.2) is 0 Å². The molecule has 18 heavy (non-hydrogen) atoms. The molecule has 0 saturated heterocycles. The average Bonchev–Trinajstić information content (AvgIpc) is 2.30. The van der Waals surface area contributed by atoms with Crippen molar-refractivity contribution in [2.45, 2.75) is 19.9 Å². The lowest BCUT2D eigenvalue weighted by atomic mass is 10.2. The van der Waals surface area contributed by atoms with Gasteiger partial charge in [-0.3, -0.25) is 4.72 Å². The fourth-order valence-corrected chi connectivity index (χ4v) is 2.43. The zero-order valence-corrected chi connectivity index (χ0v) is 11.8. The number of hydrogen-bond acceptors (Lipinski definition) is 4. The second kappa shape index (κ2) is 5.45. The molecule has 3 N–H and O–H groups in total. The van der Waals surface area contributed by atoms with Gasteiger partial charge in [-0.2, -0.15) is 12.7 Å². The maximum atomic E-state index is 12.0. The van der Waals surface area contributed by atoms with Crippen LogP contribution < -0.4 is 15.2 Å². The van der Waals surface area contributed by atoms with E-state index in [2.05, 4.69) is 4.72 Å². The van der Waals surface area contributed by atoms with Crippen LogP contribution in [-0.4, -0.2) is 32.9 Å². The molecule has 1 aromatic carbocycles. The molecule has 0 saturated carbocycles. The molecule has 1 aromatic rings. The average molecular weight is 273 g/mol. The third-order valence-electron chi connectivity index (χ3n) is 2.57. The first-order chi connectivity index (χ1) is 8.27. The van der Waals surface area contributed by atoms with Gasteiger partial charge in [0.05, 0.1) is 12.8 Å². The topological polar surface area (TPSA) is 84.7 Å². The van der Waals surface area contributed by atoms with Crippen LogP contribution in [-0.2, 0) is 10.2 Å². The van der Waals surface area contributed by atoms with E-state index in [4.69, 9.17) is 10.5 Å². The molecule has 102 valence electrons. The maximum Gasteiger partial charge on any atom is 0.301 e. The monoisotopic (exact) mass is 273 g/mol. The molecule has 0 bridgehead atoms. The molecule has 0 amide bonds. The second-order valence-electron chi connectivity index (χ2n) is 4.18. The zero-order valence-electron chi connectivity index (χ0n) is 11.0. The van der Waals surface area contributed by atoms with Gasteiger partial charge in [-0.25, -0.2) is 0 Å². The molecule has 6 nitrogen and oxygen atoms in total. The van der Waals surface area contributed by atoms with Crippen LogP contribution in [0.2, 0.25) is 0 Å². The Bertz CT molecular complexity index is 514. The lowest BCUT2D eigenvalue weighted by Crippen LogP contribution is -2.37. The van der Waals surface area contributed by atoms with Gasteiger partial charge >= 0.3 is 10.2 Å². The number of nitrogens with two attached hydrogens (primary N) is 1. The molecule has 7 heteroatoms.